The molecular formula is C18H22N2O3S. The first-order valence-corrected chi connectivity index (χ1v) is 9.69. The first kappa shape index (κ1) is 17.0. The van der Waals surface area contributed by atoms with E-state index in [4.69, 9.17) is 10.5 Å². The fourth-order valence-electron chi connectivity index (χ4n) is 2.81. The van der Waals surface area contributed by atoms with Gasteiger partial charge in [0.25, 0.3) is 0 Å². The van der Waals surface area contributed by atoms with Gasteiger partial charge in [-0.3, -0.25) is 4.90 Å². The molecular weight excluding hydrogens is 324 g/mol. The van der Waals surface area contributed by atoms with Gasteiger partial charge in [0, 0.05) is 30.9 Å². The topological polar surface area (TPSA) is 72.6 Å². The summed E-state index contributed by atoms with van der Waals surface area (Å²) in [6, 6.07) is 14.5. The van der Waals surface area contributed by atoms with Crippen LogP contribution in [0.25, 0.3) is 11.1 Å². The van der Waals surface area contributed by atoms with Crippen molar-refractivity contribution in [3.63, 3.8) is 0 Å². The summed E-state index contributed by atoms with van der Waals surface area (Å²) in [4.78, 5) is 2.47. The maximum absolute atomic E-state index is 12.7. The minimum Gasteiger partial charge on any atom is -0.398 e. The molecule has 1 saturated heterocycles. The van der Waals surface area contributed by atoms with Gasteiger partial charge in [0.15, 0.2) is 9.84 Å². The molecule has 0 spiro atoms. The average Bonchev–Trinajstić information content (AvgIpc) is 2.61. The molecule has 0 unspecified atom stereocenters. The average molecular weight is 346 g/mol. The zero-order valence-electron chi connectivity index (χ0n) is 13.5. The Labute approximate surface area is 143 Å². The van der Waals surface area contributed by atoms with Crippen LogP contribution in [0.3, 0.4) is 0 Å². The molecule has 24 heavy (non-hydrogen) atoms. The normalized spacial score (nSPS) is 16.2. The van der Waals surface area contributed by atoms with E-state index in [9.17, 15) is 8.42 Å². The van der Waals surface area contributed by atoms with Crippen molar-refractivity contribution in [2.45, 2.75) is 4.90 Å². The van der Waals surface area contributed by atoms with Crippen LogP contribution in [-0.4, -0.2) is 51.9 Å². The molecule has 1 aliphatic heterocycles. The van der Waals surface area contributed by atoms with Crippen molar-refractivity contribution in [3.8, 4) is 11.1 Å². The molecule has 0 amide bonds. The van der Waals surface area contributed by atoms with Gasteiger partial charge in [0.2, 0.25) is 0 Å². The van der Waals surface area contributed by atoms with E-state index >= 15 is 0 Å². The third kappa shape index (κ3) is 3.95. The Morgan fingerprint density at radius 3 is 2.54 bits per heavy atom. The van der Waals surface area contributed by atoms with Crippen molar-refractivity contribution in [3.05, 3.63) is 48.5 Å². The summed E-state index contributed by atoms with van der Waals surface area (Å²) in [7, 11) is -3.33. The van der Waals surface area contributed by atoms with Crippen LogP contribution in [0.1, 0.15) is 0 Å². The largest absolute Gasteiger partial charge is 0.398 e. The van der Waals surface area contributed by atoms with Crippen LogP contribution in [0.2, 0.25) is 0 Å². The SMILES string of the molecule is Nc1ccccc1-c1cccc(S(=O)(=O)CCN2CCOCC2)c1. The standard InChI is InChI=1S/C18H22N2O3S/c19-18-7-2-1-6-17(18)15-4-3-5-16(14-15)24(21,22)13-10-20-8-11-23-12-9-20/h1-7,14H,8-13,19H2. The molecule has 6 heteroatoms. The summed E-state index contributed by atoms with van der Waals surface area (Å²) in [5.41, 5.74) is 8.31. The molecule has 0 saturated carbocycles. The smallest absolute Gasteiger partial charge is 0.179 e. The lowest BCUT2D eigenvalue weighted by atomic mass is 10.0. The quantitative estimate of drug-likeness (QED) is 0.839. The highest BCUT2D eigenvalue weighted by Gasteiger charge is 2.18. The molecule has 2 aromatic rings. The van der Waals surface area contributed by atoms with Gasteiger partial charge in [-0.25, -0.2) is 8.42 Å². The third-order valence-corrected chi connectivity index (χ3v) is 5.94. The van der Waals surface area contributed by atoms with Gasteiger partial charge in [-0.05, 0) is 23.8 Å². The molecule has 0 aromatic heterocycles. The minimum atomic E-state index is -3.33. The van der Waals surface area contributed by atoms with Gasteiger partial charge in [-0.1, -0.05) is 30.3 Å². The van der Waals surface area contributed by atoms with E-state index in [1.807, 2.05) is 30.3 Å². The van der Waals surface area contributed by atoms with E-state index in [2.05, 4.69) is 4.90 Å². The zero-order chi connectivity index (χ0) is 17.0. The molecule has 2 aromatic carbocycles. The molecule has 3 rings (SSSR count). The van der Waals surface area contributed by atoms with Crippen molar-refractivity contribution in [2.75, 3.05) is 44.3 Å². The van der Waals surface area contributed by atoms with Gasteiger partial charge >= 0.3 is 0 Å². The second-order valence-corrected chi connectivity index (χ2v) is 8.00. The van der Waals surface area contributed by atoms with Crippen molar-refractivity contribution < 1.29 is 13.2 Å². The Morgan fingerprint density at radius 1 is 1.04 bits per heavy atom. The van der Waals surface area contributed by atoms with Gasteiger partial charge in [0.05, 0.1) is 23.9 Å². The highest BCUT2D eigenvalue weighted by molar-refractivity contribution is 7.91. The van der Waals surface area contributed by atoms with Crippen molar-refractivity contribution in [2.24, 2.45) is 0 Å². The summed E-state index contributed by atoms with van der Waals surface area (Å²) in [5.74, 6) is 0.112. The van der Waals surface area contributed by atoms with E-state index in [-0.39, 0.29) is 5.75 Å². The molecule has 2 N–H and O–H groups in total. The maximum atomic E-state index is 12.7. The highest BCUT2D eigenvalue weighted by Crippen LogP contribution is 2.27. The Kier molecular flexibility index (Phi) is 5.18. The van der Waals surface area contributed by atoms with Gasteiger partial charge < -0.3 is 10.5 Å². The first-order valence-electron chi connectivity index (χ1n) is 8.04. The summed E-state index contributed by atoms with van der Waals surface area (Å²) < 4.78 is 30.6. The third-order valence-electron chi connectivity index (χ3n) is 4.24. The maximum Gasteiger partial charge on any atom is 0.179 e. The monoisotopic (exact) mass is 346 g/mol. The first-order chi connectivity index (χ1) is 11.6. The van der Waals surface area contributed by atoms with E-state index in [1.54, 1.807) is 18.2 Å². The van der Waals surface area contributed by atoms with E-state index in [0.717, 1.165) is 24.2 Å². The Bertz CT molecular complexity index is 799. The number of hydrogen-bond acceptors (Lipinski definition) is 5. The molecule has 0 radical (unpaired) electrons. The number of benzene rings is 2. The number of rotatable bonds is 5. The fraction of sp³-hybridized carbons (Fsp3) is 0.333. The highest BCUT2D eigenvalue weighted by atomic mass is 32.2. The van der Waals surface area contributed by atoms with E-state index < -0.39 is 9.84 Å². The van der Waals surface area contributed by atoms with Gasteiger partial charge in [-0.2, -0.15) is 0 Å². The molecule has 1 aliphatic rings. The summed E-state index contributed by atoms with van der Waals surface area (Å²) in [5, 5.41) is 0. The molecule has 0 aliphatic carbocycles. The van der Waals surface area contributed by atoms with Crippen LogP contribution in [-0.2, 0) is 14.6 Å². The summed E-state index contributed by atoms with van der Waals surface area (Å²) in [6.45, 7) is 3.45. The zero-order valence-corrected chi connectivity index (χ0v) is 14.3. The number of nitrogen functional groups attached to an aromatic ring is 1. The number of nitrogens with two attached hydrogens (primary N) is 1. The predicted molar refractivity (Wildman–Crippen MR) is 95.6 cm³/mol. The second kappa shape index (κ2) is 7.34. The Morgan fingerprint density at radius 2 is 1.79 bits per heavy atom. The van der Waals surface area contributed by atoms with Crippen LogP contribution >= 0.6 is 0 Å². The Hall–Kier alpha value is -1.89. The lowest BCUT2D eigenvalue weighted by Crippen LogP contribution is -2.39. The number of sulfone groups is 1. The van der Waals surface area contributed by atoms with Crippen LogP contribution in [0.15, 0.2) is 53.4 Å². The number of ether oxygens (including phenoxy) is 1. The predicted octanol–water partition coefficient (Wildman–Crippen LogP) is 2.04. The molecule has 1 fully saturated rings. The molecule has 128 valence electrons. The van der Waals surface area contributed by atoms with Crippen LogP contribution in [0, 0.1) is 0 Å². The lowest BCUT2D eigenvalue weighted by molar-refractivity contribution is 0.0408. The minimum absolute atomic E-state index is 0.112. The molecule has 0 bridgehead atoms. The molecule has 0 atom stereocenters. The van der Waals surface area contributed by atoms with Crippen LogP contribution < -0.4 is 5.73 Å². The van der Waals surface area contributed by atoms with E-state index in [1.165, 1.54) is 0 Å². The van der Waals surface area contributed by atoms with Crippen LogP contribution in [0.5, 0.6) is 0 Å². The van der Waals surface area contributed by atoms with Crippen LogP contribution in [0.4, 0.5) is 5.69 Å². The molecule has 5 nitrogen and oxygen atoms in total. The fourth-order valence-corrected chi connectivity index (χ4v) is 4.14. The number of hydrogen-bond donors (Lipinski definition) is 1. The number of morpholine rings is 1. The number of nitrogens with zero attached hydrogens (tertiary/aromatic N) is 1. The van der Waals surface area contributed by atoms with E-state index in [0.29, 0.717) is 30.3 Å². The second-order valence-electron chi connectivity index (χ2n) is 5.89. The van der Waals surface area contributed by atoms with Crippen molar-refractivity contribution in [1.29, 1.82) is 0 Å². The number of para-hydroxylation sites is 1. The summed E-state index contributed by atoms with van der Waals surface area (Å²) >= 11 is 0. The van der Waals surface area contributed by atoms with Gasteiger partial charge in [-0.15, -0.1) is 0 Å². The Balaban J connectivity index is 1.78. The summed E-state index contributed by atoms with van der Waals surface area (Å²) in [6.07, 6.45) is 0. The van der Waals surface area contributed by atoms with Crippen molar-refractivity contribution in [1.82, 2.24) is 4.90 Å². The number of anilines is 1. The molecule has 1 heterocycles. The van der Waals surface area contributed by atoms with Crippen molar-refractivity contribution >= 4 is 15.5 Å². The van der Waals surface area contributed by atoms with Gasteiger partial charge in [0.1, 0.15) is 0 Å². The lowest BCUT2D eigenvalue weighted by Gasteiger charge is -2.26.